The van der Waals surface area contributed by atoms with Gasteiger partial charge in [-0.3, -0.25) is 4.79 Å². The van der Waals surface area contributed by atoms with E-state index in [0.717, 1.165) is 0 Å². The monoisotopic (exact) mass is 377 g/mol. The van der Waals surface area contributed by atoms with Crippen molar-refractivity contribution in [2.45, 2.75) is 44.2 Å². The van der Waals surface area contributed by atoms with Gasteiger partial charge in [-0.2, -0.15) is 21.6 Å². The summed E-state index contributed by atoms with van der Waals surface area (Å²) in [5.41, 5.74) is -4.66. The number of carbonyl (C=O) groups is 1. The molecule has 1 aliphatic carbocycles. The van der Waals surface area contributed by atoms with Crippen LogP contribution in [-0.2, 0) is 14.9 Å². The molecular weight excluding hydrogens is 359 g/mol. The molecule has 1 aliphatic rings. The van der Waals surface area contributed by atoms with Crippen LogP contribution >= 0.6 is 0 Å². The summed E-state index contributed by atoms with van der Waals surface area (Å²) in [4.78, 5) is 11.4. The van der Waals surface area contributed by atoms with Crippen LogP contribution in [0.25, 0.3) is 0 Å². The van der Waals surface area contributed by atoms with E-state index in [1.165, 1.54) is 19.1 Å². The molecule has 9 heteroatoms. The normalized spacial score (nSPS) is 21.0. The van der Waals surface area contributed by atoms with Crippen LogP contribution in [0, 0.1) is 6.92 Å². The zero-order valence-corrected chi connectivity index (χ0v) is 14.4. The van der Waals surface area contributed by atoms with Crippen molar-refractivity contribution in [3.8, 4) is 5.75 Å². The van der Waals surface area contributed by atoms with Gasteiger partial charge in [0.05, 0.1) is 0 Å². The van der Waals surface area contributed by atoms with Gasteiger partial charge < -0.3 is 9.50 Å². The van der Waals surface area contributed by atoms with Gasteiger partial charge >= 0.3 is 15.6 Å². The number of halogens is 3. The SMILES string of the molecule is CC(=O)NC1CC=CCC1c1ccc(C)cc1OS(=O)(=O)C(F)(F)F. The summed E-state index contributed by atoms with van der Waals surface area (Å²) >= 11 is 0. The molecule has 1 amide bonds. The van der Waals surface area contributed by atoms with Crippen LogP contribution in [0.3, 0.4) is 0 Å². The summed E-state index contributed by atoms with van der Waals surface area (Å²) in [6, 6.07) is 4.09. The number of nitrogens with one attached hydrogen (secondary N) is 1. The Morgan fingerprint density at radius 1 is 1.24 bits per heavy atom. The number of alkyl halides is 3. The molecular formula is C16H18F3NO4S. The summed E-state index contributed by atoms with van der Waals surface area (Å²) in [6.45, 7) is 2.96. The second kappa shape index (κ2) is 7.07. The Hall–Kier alpha value is -2.03. The maximum atomic E-state index is 12.7. The molecule has 0 fully saturated rings. The fourth-order valence-electron chi connectivity index (χ4n) is 2.76. The van der Waals surface area contributed by atoms with Crippen LogP contribution in [0.15, 0.2) is 30.4 Å². The van der Waals surface area contributed by atoms with Crippen molar-refractivity contribution in [2.75, 3.05) is 0 Å². The highest BCUT2D eigenvalue weighted by molar-refractivity contribution is 7.88. The molecule has 2 rings (SSSR count). The van der Waals surface area contributed by atoms with Crippen LogP contribution in [0.4, 0.5) is 13.2 Å². The molecule has 1 aromatic carbocycles. The summed E-state index contributed by atoms with van der Waals surface area (Å²) in [6.07, 6.45) is 4.63. The molecule has 1 aromatic rings. The lowest BCUT2D eigenvalue weighted by Gasteiger charge is -2.30. The predicted octanol–water partition coefficient (Wildman–Crippen LogP) is 3.16. The molecule has 2 unspecified atom stereocenters. The largest absolute Gasteiger partial charge is 0.534 e. The molecule has 2 atom stereocenters. The Kier molecular flexibility index (Phi) is 5.46. The van der Waals surface area contributed by atoms with Gasteiger partial charge in [-0.25, -0.2) is 0 Å². The van der Waals surface area contributed by atoms with E-state index in [1.807, 2.05) is 12.2 Å². The summed E-state index contributed by atoms with van der Waals surface area (Å²) in [5, 5.41) is 2.75. The minimum Gasteiger partial charge on any atom is -0.376 e. The van der Waals surface area contributed by atoms with Gasteiger partial charge in [-0.1, -0.05) is 24.3 Å². The number of benzene rings is 1. The van der Waals surface area contributed by atoms with Crippen molar-refractivity contribution in [2.24, 2.45) is 0 Å². The minimum atomic E-state index is -5.77. The highest BCUT2D eigenvalue weighted by atomic mass is 32.2. The van der Waals surface area contributed by atoms with Gasteiger partial charge in [0.15, 0.2) is 0 Å². The molecule has 0 saturated heterocycles. The Morgan fingerprint density at radius 3 is 2.48 bits per heavy atom. The fourth-order valence-corrected chi connectivity index (χ4v) is 3.24. The van der Waals surface area contributed by atoms with Crippen LogP contribution in [0.1, 0.15) is 36.8 Å². The summed E-state index contributed by atoms with van der Waals surface area (Å²) in [5.74, 6) is -1.04. The zero-order valence-electron chi connectivity index (χ0n) is 13.6. The number of hydrogen-bond donors (Lipinski definition) is 1. The number of amides is 1. The van der Waals surface area contributed by atoms with Gasteiger partial charge in [0, 0.05) is 24.4 Å². The molecule has 0 aliphatic heterocycles. The van der Waals surface area contributed by atoms with Gasteiger partial charge in [0.1, 0.15) is 5.75 Å². The number of hydrogen-bond acceptors (Lipinski definition) is 4. The van der Waals surface area contributed by atoms with Crippen LogP contribution in [-0.4, -0.2) is 25.9 Å². The molecule has 138 valence electrons. The van der Waals surface area contributed by atoms with E-state index in [1.54, 1.807) is 13.0 Å². The van der Waals surface area contributed by atoms with E-state index in [0.29, 0.717) is 24.0 Å². The number of allylic oxidation sites excluding steroid dienone is 1. The first-order valence-electron chi connectivity index (χ1n) is 7.54. The second-order valence-electron chi connectivity index (χ2n) is 5.88. The van der Waals surface area contributed by atoms with E-state index in [2.05, 4.69) is 9.50 Å². The quantitative estimate of drug-likeness (QED) is 0.497. The standard InChI is InChI=1S/C16H18F3NO4S/c1-10-7-8-13(12-5-3-4-6-14(12)20-11(2)21)15(9-10)24-25(22,23)16(17,18)19/h3-4,7-9,12,14H,5-6H2,1-2H3,(H,20,21). The summed E-state index contributed by atoms with van der Waals surface area (Å²) in [7, 11) is -5.77. The van der Waals surface area contributed by atoms with E-state index < -0.39 is 21.5 Å². The van der Waals surface area contributed by atoms with Crippen molar-refractivity contribution >= 4 is 16.0 Å². The molecule has 0 heterocycles. The third-order valence-electron chi connectivity index (χ3n) is 3.87. The first kappa shape index (κ1) is 19.3. The highest BCUT2D eigenvalue weighted by Gasteiger charge is 2.49. The Balaban J connectivity index is 2.44. The maximum Gasteiger partial charge on any atom is 0.534 e. The number of aryl methyl sites for hydroxylation is 1. The third kappa shape index (κ3) is 4.53. The lowest BCUT2D eigenvalue weighted by atomic mass is 9.82. The van der Waals surface area contributed by atoms with E-state index >= 15 is 0 Å². The van der Waals surface area contributed by atoms with Crippen LogP contribution < -0.4 is 9.50 Å². The Bertz CT molecular complexity index is 787. The maximum absolute atomic E-state index is 12.7. The van der Waals surface area contributed by atoms with Gasteiger partial charge in [-0.15, -0.1) is 0 Å². The predicted molar refractivity (Wildman–Crippen MR) is 85.5 cm³/mol. The number of rotatable bonds is 4. The summed E-state index contributed by atoms with van der Waals surface area (Å²) < 4.78 is 65.2. The lowest BCUT2D eigenvalue weighted by molar-refractivity contribution is -0.119. The lowest BCUT2D eigenvalue weighted by Crippen LogP contribution is -2.39. The second-order valence-corrected chi connectivity index (χ2v) is 7.42. The van der Waals surface area contributed by atoms with Crippen LogP contribution in [0.5, 0.6) is 5.75 Å². The average molecular weight is 377 g/mol. The van der Waals surface area contributed by atoms with E-state index in [-0.39, 0.29) is 17.7 Å². The molecule has 5 nitrogen and oxygen atoms in total. The van der Waals surface area contributed by atoms with Gasteiger partial charge in [-0.05, 0) is 31.4 Å². The van der Waals surface area contributed by atoms with E-state index in [9.17, 15) is 26.4 Å². The molecule has 0 bridgehead atoms. The molecule has 0 spiro atoms. The van der Waals surface area contributed by atoms with Crippen molar-refractivity contribution < 1.29 is 30.6 Å². The average Bonchev–Trinajstić information content (AvgIpc) is 2.46. The van der Waals surface area contributed by atoms with Crippen molar-refractivity contribution in [1.29, 1.82) is 0 Å². The first-order valence-corrected chi connectivity index (χ1v) is 8.95. The molecule has 0 saturated carbocycles. The highest BCUT2D eigenvalue weighted by Crippen LogP contribution is 2.38. The minimum absolute atomic E-state index is 0.275. The van der Waals surface area contributed by atoms with Gasteiger partial charge in [0.2, 0.25) is 5.91 Å². The first-order chi connectivity index (χ1) is 11.5. The zero-order chi connectivity index (χ0) is 18.8. The smallest absolute Gasteiger partial charge is 0.376 e. The van der Waals surface area contributed by atoms with Gasteiger partial charge in [0.25, 0.3) is 0 Å². The van der Waals surface area contributed by atoms with Crippen molar-refractivity contribution in [3.63, 3.8) is 0 Å². The van der Waals surface area contributed by atoms with Crippen LogP contribution in [0.2, 0.25) is 0 Å². The fraction of sp³-hybridized carbons (Fsp3) is 0.438. The topological polar surface area (TPSA) is 72.5 Å². The Labute approximate surface area is 144 Å². The molecule has 1 N–H and O–H groups in total. The van der Waals surface area contributed by atoms with Crippen molar-refractivity contribution in [3.05, 3.63) is 41.5 Å². The third-order valence-corrected chi connectivity index (χ3v) is 4.84. The Morgan fingerprint density at radius 2 is 1.88 bits per heavy atom. The molecule has 25 heavy (non-hydrogen) atoms. The van der Waals surface area contributed by atoms with E-state index in [4.69, 9.17) is 0 Å². The molecule has 0 aromatic heterocycles. The van der Waals surface area contributed by atoms with Crippen molar-refractivity contribution in [1.82, 2.24) is 5.32 Å². The molecule has 0 radical (unpaired) electrons. The number of carbonyl (C=O) groups excluding carboxylic acids is 1.